The van der Waals surface area contributed by atoms with E-state index < -0.39 is 0 Å². The lowest BCUT2D eigenvalue weighted by Crippen LogP contribution is -2.20. The highest BCUT2D eigenvalue weighted by Gasteiger charge is 2.17. The highest BCUT2D eigenvalue weighted by Crippen LogP contribution is 2.31. The van der Waals surface area contributed by atoms with E-state index in [2.05, 4.69) is 21.0 Å². The number of rotatable bonds is 5. The number of methoxy groups -OCH3 is 2. The van der Waals surface area contributed by atoms with Crippen molar-refractivity contribution in [1.29, 1.82) is 0 Å². The van der Waals surface area contributed by atoms with E-state index in [1.807, 2.05) is 42.5 Å². The van der Waals surface area contributed by atoms with Crippen LogP contribution in [0.1, 0.15) is 5.56 Å². The van der Waals surface area contributed by atoms with Crippen LogP contribution in [0.2, 0.25) is 0 Å². The summed E-state index contributed by atoms with van der Waals surface area (Å²) in [7, 11) is 3.12. The highest BCUT2D eigenvalue weighted by atomic mass is 79.9. The van der Waals surface area contributed by atoms with Crippen LogP contribution in [0.15, 0.2) is 85.5 Å². The molecule has 0 aliphatic heterocycles. The van der Waals surface area contributed by atoms with E-state index in [0.717, 1.165) is 9.86 Å². The predicted octanol–water partition coefficient (Wildman–Crippen LogP) is 5.47. The zero-order valence-electron chi connectivity index (χ0n) is 17.8. The van der Waals surface area contributed by atoms with Gasteiger partial charge in [0, 0.05) is 15.4 Å². The minimum atomic E-state index is -0.310. The van der Waals surface area contributed by atoms with Crippen molar-refractivity contribution >= 4 is 44.0 Å². The van der Waals surface area contributed by atoms with E-state index in [-0.39, 0.29) is 5.56 Å². The number of hydrogen-bond donors (Lipinski definition) is 0. The van der Waals surface area contributed by atoms with Gasteiger partial charge in [0.15, 0.2) is 17.3 Å². The molecule has 7 nitrogen and oxygen atoms in total. The van der Waals surface area contributed by atoms with Gasteiger partial charge in [0.1, 0.15) is 5.58 Å². The molecule has 0 amide bonds. The van der Waals surface area contributed by atoms with E-state index in [1.54, 1.807) is 44.7 Å². The Kier molecular flexibility index (Phi) is 5.43. The van der Waals surface area contributed by atoms with E-state index in [1.165, 1.54) is 4.68 Å². The van der Waals surface area contributed by atoms with Gasteiger partial charge in [-0.2, -0.15) is 9.78 Å². The smallest absolute Gasteiger partial charge is 0.282 e. The second-order valence-electron chi connectivity index (χ2n) is 7.19. The van der Waals surface area contributed by atoms with Crippen LogP contribution >= 0.6 is 15.9 Å². The molecule has 3 aromatic carbocycles. The van der Waals surface area contributed by atoms with Crippen molar-refractivity contribution in [3.05, 3.63) is 87.1 Å². The van der Waals surface area contributed by atoms with Gasteiger partial charge in [0.2, 0.25) is 5.82 Å². The number of hydrogen-bond acceptors (Lipinski definition) is 6. The van der Waals surface area contributed by atoms with Gasteiger partial charge in [-0.05, 0) is 48.5 Å². The number of nitrogens with zero attached hydrogens (tertiary/aromatic N) is 3. The van der Waals surface area contributed by atoms with Crippen LogP contribution in [-0.2, 0) is 0 Å². The first kappa shape index (κ1) is 21.0. The summed E-state index contributed by atoms with van der Waals surface area (Å²) in [5.41, 5.74) is 1.58. The summed E-state index contributed by atoms with van der Waals surface area (Å²) in [5, 5.41) is 5.82. The Morgan fingerprint density at radius 1 is 1.03 bits per heavy atom. The van der Waals surface area contributed by atoms with E-state index in [4.69, 9.17) is 18.9 Å². The molecule has 164 valence electrons. The first-order valence-electron chi connectivity index (χ1n) is 10.1. The lowest BCUT2D eigenvalue weighted by atomic mass is 10.2. The fourth-order valence-electron chi connectivity index (χ4n) is 3.65. The van der Waals surface area contributed by atoms with Gasteiger partial charge in [0.25, 0.3) is 5.56 Å². The molecule has 33 heavy (non-hydrogen) atoms. The molecule has 5 aromatic rings. The van der Waals surface area contributed by atoms with Gasteiger partial charge in [-0.15, -0.1) is 0 Å². The van der Waals surface area contributed by atoms with Crippen molar-refractivity contribution in [2.75, 3.05) is 14.2 Å². The van der Waals surface area contributed by atoms with E-state index in [9.17, 15) is 4.79 Å². The molecular weight excluding hydrogens is 486 g/mol. The summed E-state index contributed by atoms with van der Waals surface area (Å²) in [6.45, 7) is 0. The summed E-state index contributed by atoms with van der Waals surface area (Å²) in [5.74, 6) is 1.80. The minimum absolute atomic E-state index is 0.295. The molecule has 0 spiro atoms. The standard InChI is InChI=1S/C25H18BrN3O4/c1-31-21-9-5-6-15(23(21)32-2)14-27-29-24(28-19-8-4-3-7-18(19)25(29)30)22-13-16-12-17(26)10-11-20(16)33-22/h3-14H,1-2H3. The average Bonchev–Trinajstić information content (AvgIpc) is 3.26. The van der Waals surface area contributed by atoms with Gasteiger partial charge < -0.3 is 13.9 Å². The lowest BCUT2D eigenvalue weighted by Gasteiger charge is -2.10. The zero-order valence-corrected chi connectivity index (χ0v) is 19.4. The first-order chi connectivity index (χ1) is 16.1. The van der Waals surface area contributed by atoms with Crippen LogP contribution in [0.25, 0.3) is 33.5 Å². The molecule has 0 saturated carbocycles. The van der Waals surface area contributed by atoms with Crippen LogP contribution in [0.5, 0.6) is 11.5 Å². The van der Waals surface area contributed by atoms with E-state index in [0.29, 0.717) is 45.1 Å². The van der Waals surface area contributed by atoms with Gasteiger partial charge in [0.05, 0.1) is 31.3 Å². The summed E-state index contributed by atoms with van der Waals surface area (Å²) in [4.78, 5) is 18.1. The van der Waals surface area contributed by atoms with E-state index >= 15 is 0 Å². The maximum Gasteiger partial charge on any atom is 0.282 e. The number of para-hydroxylation sites is 2. The zero-order chi connectivity index (χ0) is 22.9. The molecule has 8 heteroatoms. The third-order valence-corrected chi connectivity index (χ3v) is 5.69. The number of furan rings is 1. The summed E-state index contributed by atoms with van der Waals surface area (Å²) < 4.78 is 19.0. The summed E-state index contributed by atoms with van der Waals surface area (Å²) >= 11 is 3.47. The molecule has 0 fully saturated rings. The number of fused-ring (bicyclic) bond motifs is 2. The molecule has 0 atom stereocenters. The molecule has 0 N–H and O–H groups in total. The van der Waals surface area contributed by atoms with Gasteiger partial charge in [-0.25, -0.2) is 4.98 Å². The van der Waals surface area contributed by atoms with Crippen molar-refractivity contribution in [2.24, 2.45) is 5.10 Å². The van der Waals surface area contributed by atoms with Crippen molar-refractivity contribution in [3.8, 4) is 23.1 Å². The van der Waals surface area contributed by atoms with Crippen LogP contribution in [-0.4, -0.2) is 30.1 Å². The average molecular weight is 504 g/mol. The van der Waals surface area contributed by atoms with Crippen LogP contribution < -0.4 is 15.0 Å². The Morgan fingerprint density at radius 3 is 2.70 bits per heavy atom. The number of ether oxygens (including phenoxy) is 2. The Bertz CT molecular complexity index is 1590. The van der Waals surface area contributed by atoms with Crippen LogP contribution in [0, 0.1) is 0 Å². The SMILES string of the molecule is COc1cccc(C=Nn2c(-c3cc4cc(Br)ccc4o3)nc3ccccc3c2=O)c1OC. The minimum Gasteiger partial charge on any atom is -0.493 e. The molecule has 0 aliphatic carbocycles. The monoisotopic (exact) mass is 503 g/mol. The molecular formula is C25H18BrN3O4. The molecule has 2 heterocycles. The molecule has 0 bridgehead atoms. The fraction of sp³-hybridized carbons (Fsp3) is 0.0800. The fourth-order valence-corrected chi connectivity index (χ4v) is 4.03. The maximum absolute atomic E-state index is 13.4. The largest absolute Gasteiger partial charge is 0.493 e. The molecule has 0 radical (unpaired) electrons. The van der Waals surface area contributed by atoms with Gasteiger partial charge in [-0.3, -0.25) is 4.79 Å². The van der Waals surface area contributed by atoms with Crippen molar-refractivity contribution in [2.45, 2.75) is 0 Å². The predicted molar refractivity (Wildman–Crippen MR) is 131 cm³/mol. The number of benzene rings is 3. The normalized spacial score (nSPS) is 11.5. The molecule has 0 unspecified atom stereocenters. The number of aromatic nitrogens is 2. The molecule has 0 aliphatic rings. The summed E-state index contributed by atoms with van der Waals surface area (Å²) in [6, 6.07) is 20.1. The van der Waals surface area contributed by atoms with Crippen molar-refractivity contribution < 1.29 is 13.9 Å². The van der Waals surface area contributed by atoms with Crippen LogP contribution in [0.3, 0.4) is 0 Å². The Balaban J connectivity index is 1.73. The lowest BCUT2D eigenvalue weighted by molar-refractivity contribution is 0.354. The van der Waals surface area contributed by atoms with Crippen molar-refractivity contribution in [3.63, 3.8) is 0 Å². The second kappa shape index (κ2) is 8.55. The third kappa shape index (κ3) is 3.78. The first-order valence-corrected chi connectivity index (χ1v) is 10.8. The van der Waals surface area contributed by atoms with Crippen LogP contribution in [0.4, 0.5) is 0 Å². The Morgan fingerprint density at radius 2 is 1.88 bits per heavy atom. The Hall–Kier alpha value is -3.91. The molecule has 0 saturated heterocycles. The van der Waals surface area contributed by atoms with Crippen molar-refractivity contribution in [1.82, 2.24) is 9.66 Å². The topological polar surface area (TPSA) is 78.9 Å². The highest BCUT2D eigenvalue weighted by molar-refractivity contribution is 9.10. The summed E-state index contributed by atoms with van der Waals surface area (Å²) in [6.07, 6.45) is 1.54. The maximum atomic E-state index is 13.4. The third-order valence-electron chi connectivity index (χ3n) is 5.20. The number of halogens is 1. The van der Waals surface area contributed by atoms with Gasteiger partial charge >= 0.3 is 0 Å². The quantitative estimate of drug-likeness (QED) is 0.297. The van der Waals surface area contributed by atoms with Gasteiger partial charge in [-0.1, -0.05) is 34.1 Å². The molecule has 2 aromatic heterocycles. The second-order valence-corrected chi connectivity index (χ2v) is 8.11. The molecule has 5 rings (SSSR count). The Labute approximate surface area is 197 Å².